The lowest BCUT2D eigenvalue weighted by Gasteiger charge is -2.24. The summed E-state index contributed by atoms with van der Waals surface area (Å²) in [6.07, 6.45) is 6.83. The van der Waals surface area contributed by atoms with Crippen LogP contribution in [0.4, 0.5) is 0 Å². The van der Waals surface area contributed by atoms with Gasteiger partial charge in [0, 0.05) is 30.4 Å². The van der Waals surface area contributed by atoms with Gasteiger partial charge < -0.3 is 9.64 Å². The monoisotopic (exact) mass is 303 g/mol. The Morgan fingerprint density at radius 3 is 3.10 bits per heavy atom. The SMILES string of the molecule is O=C(c1cnccn1)N(Cc1cccs1)CC1CCCO1. The third kappa shape index (κ3) is 3.65. The Morgan fingerprint density at radius 1 is 1.48 bits per heavy atom. The van der Waals surface area contributed by atoms with Crippen LogP contribution in [0.25, 0.3) is 0 Å². The third-order valence-electron chi connectivity index (χ3n) is 3.44. The van der Waals surface area contributed by atoms with E-state index in [-0.39, 0.29) is 12.0 Å². The lowest BCUT2D eigenvalue weighted by Crippen LogP contribution is -2.37. The Labute approximate surface area is 127 Å². The molecule has 0 aromatic carbocycles. The quantitative estimate of drug-likeness (QED) is 0.851. The van der Waals surface area contributed by atoms with Crippen LogP contribution in [0.1, 0.15) is 28.2 Å². The molecule has 110 valence electrons. The minimum Gasteiger partial charge on any atom is -0.376 e. The molecule has 0 saturated carbocycles. The molecule has 1 atom stereocenters. The van der Waals surface area contributed by atoms with Gasteiger partial charge in [0.25, 0.3) is 5.91 Å². The van der Waals surface area contributed by atoms with Crippen molar-refractivity contribution in [1.29, 1.82) is 0 Å². The second-order valence-corrected chi connectivity index (χ2v) is 6.02. The Bertz CT molecular complexity index is 568. The molecule has 6 heteroatoms. The molecule has 1 aliphatic rings. The average Bonchev–Trinajstić information content (AvgIpc) is 3.20. The molecule has 21 heavy (non-hydrogen) atoms. The fraction of sp³-hybridized carbons (Fsp3) is 0.400. The van der Waals surface area contributed by atoms with E-state index in [1.165, 1.54) is 6.20 Å². The number of rotatable bonds is 5. The van der Waals surface area contributed by atoms with Gasteiger partial charge in [0.05, 0.1) is 18.8 Å². The molecular weight excluding hydrogens is 286 g/mol. The summed E-state index contributed by atoms with van der Waals surface area (Å²) in [5.41, 5.74) is 0.382. The highest BCUT2D eigenvalue weighted by Crippen LogP contribution is 2.18. The molecule has 3 heterocycles. The van der Waals surface area contributed by atoms with Crippen LogP contribution < -0.4 is 0 Å². The van der Waals surface area contributed by atoms with Crippen molar-refractivity contribution in [3.05, 3.63) is 46.7 Å². The molecule has 0 spiro atoms. The third-order valence-corrected chi connectivity index (χ3v) is 4.31. The lowest BCUT2D eigenvalue weighted by atomic mass is 10.2. The van der Waals surface area contributed by atoms with E-state index in [1.807, 2.05) is 22.4 Å². The summed E-state index contributed by atoms with van der Waals surface area (Å²) in [7, 11) is 0. The number of carbonyl (C=O) groups is 1. The summed E-state index contributed by atoms with van der Waals surface area (Å²) in [4.78, 5) is 23.7. The average molecular weight is 303 g/mol. The molecule has 2 aromatic heterocycles. The molecule has 0 bridgehead atoms. The van der Waals surface area contributed by atoms with Crippen molar-refractivity contribution >= 4 is 17.2 Å². The second kappa shape index (κ2) is 6.78. The number of thiophene rings is 1. The summed E-state index contributed by atoms with van der Waals surface area (Å²) in [6, 6.07) is 4.04. The van der Waals surface area contributed by atoms with Crippen LogP contribution in [0.2, 0.25) is 0 Å². The van der Waals surface area contributed by atoms with Gasteiger partial charge >= 0.3 is 0 Å². The maximum absolute atomic E-state index is 12.6. The zero-order valence-electron chi connectivity index (χ0n) is 11.6. The maximum Gasteiger partial charge on any atom is 0.274 e. The van der Waals surface area contributed by atoms with Crippen molar-refractivity contribution in [2.24, 2.45) is 0 Å². The Morgan fingerprint density at radius 2 is 2.43 bits per heavy atom. The minimum atomic E-state index is -0.0907. The van der Waals surface area contributed by atoms with Gasteiger partial charge in [0.2, 0.25) is 0 Å². The molecule has 0 N–H and O–H groups in total. The lowest BCUT2D eigenvalue weighted by molar-refractivity contribution is 0.0505. The van der Waals surface area contributed by atoms with Crippen molar-refractivity contribution in [3.8, 4) is 0 Å². The van der Waals surface area contributed by atoms with Crippen molar-refractivity contribution in [1.82, 2.24) is 14.9 Å². The van der Waals surface area contributed by atoms with Gasteiger partial charge in [-0.05, 0) is 24.3 Å². The molecule has 1 fully saturated rings. The van der Waals surface area contributed by atoms with Crippen LogP contribution in [0.5, 0.6) is 0 Å². The Kier molecular flexibility index (Phi) is 4.57. The number of ether oxygens (including phenoxy) is 1. The fourth-order valence-corrected chi connectivity index (χ4v) is 3.14. The van der Waals surface area contributed by atoms with Gasteiger partial charge in [0.15, 0.2) is 0 Å². The molecule has 0 aliphatic carbocycles. The highest BCUT2D eigenvalue weighted by Gasteiger charge is 2.24. The smallest absolute Gasteiger partial charge is 0.274 e. The molecule has 1 unspecified atom stereocenters. The molecule has 1 amide bonds. The number of nitrogens with zero attached hydrogens (tertiary/aromatic N) is 3. The van der Waals surface area contributed by atoms with E-state index in [2.05, 4.69) is 9.97 Å². The van der Waals surface area contributed by atoms with Gasteiger partial charge in [-0.1, -0.05) is 6.07 Å². The highest BCUT2D eigenvalue weighted by molar-refractivity contribution is 7.09. The van der Waals surface area contributed by atoms with E-state index in [9.17, 15) is 4.79 Å². The Balaban J connectivity index is 1.75. The summed E-state index contributed by atoms with van der Waals surface area (Å²) in [5.74, 6) is -0.0907. The van der Waals surface area contributed by atoms with Crippen LogP contribution in [0.3, 0.4) is 0 Å². The molecule has 1 saturated heterocycles. The number of hydrogen-bond donors (Lipinski definition) is 0. The maximum atomic E-state index is 12.6. The molecule has 0 radical (unpaired) electrons. The largest absolute Gasteiger partial charge is 0.376 e. The Hall–Kier alpha value is -1.79. The number of hydrogen-bond acceptors (Lipinski definition) is 5. The molecular formula is C15H17N3O2S. The summed E-state index contributed by atoms with van der Waals surface area (Å²) < 4.78 is 5.66. The van der Waals surface area contributed by atoms with Gasteiger partial charge in [-0.2, -0.15) is 0 Å². The highest BCUT2D eigenvalue weighted by atomic mass is 32.1. The first-order valence-corrected chi connectivity index (χ1v) is 7.90. The molecule has 3 rings (SSSR count). The predicted octanol–water partition coefficient (Wildman–Crippen LogP) is 2.36. The summed E-state index contributed by atoms with van der Waals surface area (Å²) >= 11 is 1.65. The van der Waals surface area contributed by atoms with Crippen molar-refractivity contribution in [2.75, 3.05) is 13.2 Å². The molecule has 2 aromatic rings. The van der Waals surface area contributed by atoms with Crippen molar-refractivity contribution < 1.29 is 9.53 Å². The van der Waals surface area contributed by atoms with Gasteiger partial charge in [-0.3, -0.25) is 9.78 Å². The van der Waals surface area contributed by atoms with Gasteiger partial charge in [0.1, 0.15) is 5.69 Å². The van der Waals surface area contributed by atoms with Gasteiger partial charge in [-0.25, -0.2) is 4.98 Å². The van der Waals surface area contributed by atoms with E-state index in [0.717, 1.165) is 24.3 Å². The first kappa shape index (κ1) is 14.2. The minimum absolute atomic E-state index is 0.0907. The summed E-state index contributed by atoms with van der Waals surface area (Å²) in [5, 5.41) is 2.02. The fourth-order valence-electron chi connectivity index (χ4n) is 2.42. The summed E-state index contributed by atoms with van der Waals surface area (Å²) in [6.45, 7) is 1.98. The van der Waals surface area contributed by atoms with Crippen molar-refractivity contribution in [2.45, 2.75) is 25.5 Å². The first-order valence-electron chi connectivity index (χ1n) is 7.02. The van der Waals surface area contributed by atoms with Crippen molar-refractivity contribution in [3.63, 3.8) is 0 Å². The first-order chi connectivity index (χ1) is 10.3. The van der Waals surface area contributed by atoms with Crippen LogP contribution in [0, 0.1) is 0 Å². The number of carbonyl (C=O) groups excluding carboxylic acids is 1. The zero-order chi connectivity index (χ0) is 14.5. The van der Waals surface area contributed by atoms with Crippen LogP contribution >= 0.6 is 11.3 Å². The number of aromatic nitrogens is 2. The van der Waals surface area contributed by atoms with Crippen LogP contribution in [-0.2, 0) is 11.3 Å². The van der Waals surface area contributed by atoms with Crippen LogP contribution in [-0.4, -0.2) is 40.0 Å². The standard InChI is InChI=1S/C15H17N3O2S/c19-15(14-9-16-5-6-17-14)18(10-12-3-1-7-20-12)11-13-4-2-8-21-13/h2,4-6,8-9,12H,1,3,7,10-11H2. The van der Waals surface area contributed by atoms with E-state index < -0.39 is 0 Å². The zero-order valence-corrected chi connectivity index (χ0v) is 12.5. The van der Waals surface area contributed by atoms with Crippen LogP contribution in [0.15, 0.2) is 36.1 Å². The van der Waals surface area contributed by atoms with E-state index in [1.54, 1.807) is 23.7 Å². The van der Waals surface area contributed by atoms with E-state index in [0.29, 0.717) is 18.8 Å². The second-order valence-electron chi connectivity index (χ2n) is 4.99. The molecule has 5 nitrogen and oxygen atoms in total. The van der Waals surface area contributed by atoms with E-state index in [4.69, 9.17) is 4.74 Å². The topological polar surface area (TPSA) is 55.3 Å². The van der Waals surface area contributed by atoms with Gasteiger partial charge in [-0.15, -0.1) is 11.3 Å². The normalized spacial score (nSPS) is 17.8. The number of amides is 1. The van der Waals surface area contributed by atoms with E-state index >= 15 is 0 Å². The molecule has 1 aliphatic heterocycles. The predicted molar refractivity (Wildman–Crippen MR) is 80.1 cm³/mol.